The highest BCUT2D eigenvalue weighted by molar-refractivity contribution is 5.27. The number of phenolic OH excluding ortho intramolecular Hbond substituents is 1. The van der Waals surface area contributed by atoms with Gasteiger partial charge in [-0.15, -0.1) is 6.42 Å². The quantitative estimate of drug-likeness (QED) is 0.682. The molecule has 13 heavy (non-hydrogen) atoms. The van der Waals surface area contributed by atoms with Crippen LogP contribution in [-0.2, 0) is 6.54 Å². The van der Waals surface area contributed by atoms with E-state index in [0.717, 1.165) is 5.56 Å². The van der Waals surface area contributed by atoms with Gasteiger partial charge in [-0.1, -0.05) is 18.1 Å². The number of phenols is 1. The van der Waals surface area contributed by atoms with Crippen LogP contribution in [0.2, 0.25) is 0 Å². The third kappa shape index (κ3) is 3.18. The number of hydrogen-bond acceptors (Lipinski definition) is 2. The van der Waals surface area contributed by atoms with Crippen molar-refractivity contribution in [2.75, 3.05) is 0 Å². The zero-order valence-corrected chi connectivity index (χ0v) is 7.62. The van der Waals surface area contributed by atoms with E-state index in [0.29, 0.717) is 6.54 Å². The largest absolute Gasteiger partial charge is 0.508 e. The van der Waals surface area contributed by atoms with Crippen molar-refractivity contribution in [3.63, 3.8) is 0 Å². The minimum absolute atomic E-state index is 0.0577. The molecule has 1 unspecified atom stereocenters. The molecule has 0 bridgehead atoms. The lowest BCUT2D eigenvalue weighted by molar-refractivity contribution is 0.474. The molecule has 0 heterocycles. The molecule has 2 heteroatoms. The molecule has 68 valence electrons. The predicted molar refractivity (Wildman–Crippen MR) is 53.2 cm³/mol. The second kappa shape index (κ2) is 4.54. The van der Waals surface area contributed by atoms with E-state index in [9.17, 15) is 0 Å². The van der Waals surface area contributed by atoms with Crippen molar-refractivity contribution in [2.24, 2.45) is 0 Å². The van der Waals surface area contributed by atoms with Gasteiger partial charge in [0, 0.05) is 6.54 Å². The van der Waals surface area contributed by atoms with Crippen LogP contribution in [0.1, 0.15) is 12.5 Å². The van der Waals surface area contributed by atoms with Crippen LogP contribution in [0, 0.1) is 12.3 Å². The van der Waals surface area contributed by atoms with Crippen molar-refractivity contribution in [1.82, 2.24) is 5.32 Å². The molecule has 0 radical (unpaired) electrons. The van der Waals surface area contributed by atoms with Gasteiger partial charge in [-0.3, -0.25) is 5.32 Å². The summed E-state index contributed by atoms with van der Waals surface area (Å²) in [4.78, 5) is 0. The van der Waals surface area contributed by atoms with Crippen LogP contribution < -0.4 is 5.32 Å². The number of benzene rings is 1. The van der Waals surface area contributed by atoms with Crippen molar-refractivity contribution >= 4 is 0 Å². The van der Waals surface area contributed by atoms with Gasteiger partial charge in [-0.05, 0) is 24.6 Å². The van der Waals surface area contributed by atoms with Gasteiger partial charge in [0.2, 0.25) is 0 Å². The minimum Gasteiger partial charge on any atom is -0.508 e. The zero-order valence-electron chi connectivity index (χ0n) is 7.62. The molecule has 2 nitrogen and oxygen atoms in total. The topological polar surface area (TPSA) is 32.3 Å². The summed E-state index contributed by atoms with van der Waals surface area (Å²) in [7, 11) is 0. The zero-order chi connectivity index (χ0) is 9.68. The highest BCUT2D eigenvalue weighted by Gasteiger charge is 1.97. The fraction of sp³-hybridized carbons (Fsp3) is 0.273. The number of rotatable bonds is 3. The Hall–Kier alpha value is -1.46. The monoisotopic (exact) mass is 175 g/mol. The van der Waals surface area contributed by atoms with Crippen LogP contribution in [0.15, 0.2) is 24.3 Å². The van der Waals surface area contributed by atoms with Crippen molar-refractivity contribution < 1.29 is 5.11 Å². The Labute approximate surface area is 78.6 Å². The normalized spacial score (nSPS) is 12.0. The average molecular weight is 175 g/mol. The van der Waals surface area contributed by atoms with Gasteiger partial charge in [0.05, 0.1) is 6.04 Å². The molecule has 0 spiro atoms. The summed E-state index contributed by atoms with van der Waals surface area (Å²) in [5.74, 6) is 2.86. The van der Waals surface area contributed by atoms with Crippen LogP contribution in [0.5, 0.6) is 5.75 Å². The van der Waals surface area contributed by atoms with E-state index in [1.54, 1.807) is 12.1 Å². The lowest BCUT2D eigenvalue weighted by Crippen LogP contribution is -2.23. The molecule has 0 aliphatic heterocycles. The average Bonchev–Trinajstić information content (AvgIpc) is 2.14. The molecule has 1 aromatic rings. The van der Waals surface area contributed by atoms with Gasteiger partial charge in [0.15, 0.2) is 0 Å². The highest BCUT2D eigenvalue weighted by atomic mass is 16.3. The molecule has 1 aromatic carbocycles. The Morgan fingerprint density at radius 1 is 1.62 bits per heavy atom. The molecule has 1 rings (SSSR count). The lowest BCUT2D eigenvalue weighted by Gasteiger charge is -2.07. The fourth-order valence-electron chi connectivity index (χ4n) is 0.996. The number of aromatic hydroxyl groups is 1. The van der Waals surface area contributed by atoms with Gasteiger partial charge >= 0.3 is 0 Å². The molecule has 0 aliphatic carbocycles. The molecular weight excluding hydrogens is 162 g/mol. The van der Waals surface area contributed by atoms with Crippen LogP contribution in [-0.4, -0.2) is 11.1 Å². The summed E-state index contributed by atoms with van der Waals surface area (Å²) in [6.45, 7) is 2.60. The van der Waals surface area contributed by atoms with E-state index in [2.05, 4.69) is 11.2 Å². The molecular formula is C11H13NO. The Morgan fingerprint density at radius 3 is 3.00 bits per heavy atom. The maximum atomic E-state index is 9.17. The van der Waals surface area contributed by atoms with Crippen LogP contribution >= 0.6 is 0 Å². The summed E-state index contributed by atoms with van der Waals surface area (Å²) < 4.78 is 0. The summed E-state index contributed by atoms with van der Waals surface area (Å²) in [5, 5.41) is 12.3. The van der Waals surface area contributed by atoms with Gasteiger partial charge < -0.3 is 5.11 Å². The molecule has 0 saturated heterocycles. The van der Waals surface area contributed by atoms with Crippen LogP contribution in [0.25, 0.3) is 0 Å². The van der Waals surface area contributed by atoms with Crippen molar-refractivity contribution in [1.29, 1.82) is 0 Å². The van der Waals surface area contributed by atoms with Crippen LogP contribution in [0.4, 0.5) is 0 Å². The third-order valence-corrected chi connectivity index (χ3v) is 1.77. The smallest absolute Gasteiger partial charge is 0.115 e. The molecule has 1 atom stereocenters. The fourth-order valence-corrected chi connectivity index (χ4v) is 0.996. The standard InChI is InChI=1S/C11H13NO/c1-3-9(2)12-8-10-5-4-6-11(13)7-10/h1,4-7,9,12-13H,8H2,2H3. The summed E-state index contributed by atoms with van der Waals surface area (Å²) in [5.41, 5.74) is 1.03. The maximum absolute atomic E-state index is 9.17. The molecule has 2 N–H and O–H groups in total. The summed E-state index contributed by atoms with van der Waals surface area (Å²) in [6, 6.07) is 7.18. The first-order chi connectivity index (χ1) is 6.22. The second-order valence-electron chi connectivity index (χ2n) is 2.94. The van der Waals surface area contributed by atoms with E-state index in [1.165, 1.54) is 0 Å². The number of nitrogens with one attached hydrogen (secondary N) is 1. The van der Waals surface area contributed by atoms with E-state index in [-0.39, 0.29) is 11.8 Å². The SMILES string of the molecule is C#CC(C)NCc1cccc(O)c1. The maximum Gasteiger partial charge on any atom is 0.115 e. The van der Waals surface area contributed by atoms with E-state index in [1.807, 2.05) is 19.1 Å². The Bertz CT molecular complexity index is 314. The Morgan fingerprint density at radius 2 is 2.38 bits per heavy atom. The third-order valence-electron chi connectivity index (χ3n) is 1.77. The van der Waals surface area contributed by atoms with Gasteiger partial charge in [-0.2, -0.15) is 0 Å². The minimum atomic E-state index is 0.0577. The first kappa shape index (κ1) is 9.63. The second-order valence-corrected chi connectivity index (χ2v) is 2.94. The van der Waals surface area contributed by atoms with Crippen LogP contribution in [0.3, 0.4) is 0 Å². The highest BCUT2D eigenvalue weighted by Crippen LogP contribution is 2.10. The van der Waals surface area contributed by atoms with E-state index in [4.69, 9.17) is 11.5 Å². The van der Waals surface area contributed by atoms with Gasteiger partial charge in [0.25, 0.3) is 0 Å². The first-order valence-electron chi connectivity index (χ1n) is 4.20. The summed E-state index contributed by atoms with van der Waals surface area (Å²) >= 11 is 0. The number of terminal acetylenes is 1. The molecule has 0 aliphatic rings. The summed E-state index contributed by atoms with van der Waals surface area (Å²) in [6.07, 6.45) is 5.20. The van der Waals surface area contributed by atoms with Crippen molar-refractivity contribution in [2.45, 2.75) is 19.5 Å². The van der Waals surface area contributed by atoms with Gasteiger partial charge in [0.1, 0.15) is 5.75 Å². The molecule has 0 fully saturated rings. The van der Waals surface area contributed by atoms with E-state index < -0.39 is 0 Å². The van der Waals surface area contributed by atoms with E-state index >= 15 is 0 Å². The van der Waals surface area contributed by atoms with Crippen molar-refractivity contribution in [3.05, 3.63) is 29.8 Å². The predicted octanol–water partition coefficient (Wildman–Crippen LogP) is 1.50. The number of hydrogen-bond donors (Lipinski definition) is 2. The first-order valence-corrected chi connectivity index (χ1v) is 4.20. The molecule has 0 aromatic heterocycles. The molecule has 0 amide bonds. The molecule has 0 saturated carbocycles. The van der Waals surface area contributed by atoms with Gasteiger partial charge in [-0.25, -0.2) is 0 Å². The lowest BCUT2D eigenvalue weighted by atomic mass is 10.2. The Balaban J connectivity index is 2.51. The Kier molecular flexibility index (Phi) is 3.36. The van der Waals surface area contributed by atoms with Crippen molar-refractivity contribution in [3.8, 4) is 18.1 Å².